The van der Waals surface area contributed by atoms with E-state index in [1.807, 2.05) is 30.3 Å². The number of nitrogens with one attached hydrogen (secondary N) is 1. The summed E-state index contributed by atoms with van der Waals surface area (Å²) < 4.78 is 41.3. The third kappa shape index (κ3) is 2.46. The predicted octanol–water partition coefficient (Wildman–Crippen LogP) is 6.29. The van der Waals surface area contributed by atoms with Gasteiger partial charge < -0.3 is 5.32 Å². The van der Waals surface area contributed by atoms with Gasteiger partial charge >= 0.3 is 6.18 Å². The number of anilines is 1. The molecule has 5 heteroatoms. The minimum Gasteiger partial charge on any atom is -0.377 e. The van der Waals surface area contributed by atoms with Crippen LogP contribution in [0.3, 0.4) is 0 Å². The molecule has 0 bridgehead atoms. The van der Waals surface area contributed by atoms with Crippen molar-refractivity contribution in [2.75, 3.05) is 5.32 Å². The number of allylic oxidation sites excluding steroid dienone is 2. The van der Waals surface area contributed by atoms with Gasteiger partial charge in [-0.15, -0.1) is 0 Å². The molecule has 1 aliphatic heterocycles. The molecule has 1 N–H and O–H groups in total. The molecule has 3 atom stereocenters. The summed E-state index contributed by atoms with van der Waals surface area (Å²) in [6.45, 7) is 0. The Balaban J connectivity index is 1.87. The maximum atomic E-state index is 13.5. The SMILES string of the molecule is FC(F)(F)c1cccc2c1N[C@H](c1ccccc1Br)[C@H]1CC=C[C@H]21. The van der Waals surface area contributed by atoms with Crippen molar-refractivity contribution in [3.63, 3.8) is 0 Å². The minimum atomic E-state index is -4.37. The summed E-state index contributed by atoms with van der Waals surface area (Å²) in [5, 5.41) is 3.21. The van der Waals surface area contributed by atoms with Crippen LogP contribution >= 0.6 is 15.9 Å². The third-order valence-corrected chi connectivity index (χ3v) is 5.66. The Kier molecular flexibility index (Phi) is 3.71. The van der Waals surface area contributed by atoms with Crippen molar-refractivity contribution in [3.05, 3.63) is 75.8 Å². The van der Waals surface area contributed by atoms with Gasteiger partial charge in [0.05, 0.1) is 17.3 Å². The summed E-state index contributed by atoms with van der Waals surface area (Å²) in [7, 11) is 0. The highest BCUT2D eigenvalue weighted by Gasteiger charge is 2.43. The summed E-state index contributed by atoms with van der Waals surface area (Å²) in [6, 6.07) is 12.0. The molecule has 4 rings (SSSR count). The molecule has 1 aliphatic carbocycles. The van der Waals surface area contributed by atoms with Crippen LogP contribution in [-0.2, 0) is 6.18 Å². The molecular weight excluding hydrogens is 379 g/mol. The Morgan fingerprint density at radius 1 is 1.00 bits per heavy atom. The van der Waals surface area contributed by atoms with Crippen LogP contribution in [0.15, 0.2) is 59.1 Å². The molecule has 1 heterocycles. The Hall–Kier alpha value is -1.75. The molecule has 2 aromatic rings. The van der Waals surface area contributed by atoms with Crippen molar-refractivity contribution >= 4 is 21.6 Å². The van der Waals surface area contributed by atoms with E-state index in [1.54, 1.807) is 6.07 Å². The van der Waals surface area contributed by atoms with E-state index in [0.717, 1.165) is 28.1 Å². The fourth-order valence-corrected chi connectivity index (χ4v) is 4.42. The van der Waals surface area contributed by atoms with E-state index >= 15 is 0 Å². The van der Waals surface area contributed by atoms with Crippen LogP contribution in [0.25, 0.3) is 0 Å². The molecule has 0 saturated carbocycles. The standard InChI is InChI=1S/C19H15BrF3N/c20-16-10-2-1-5-14(16)17-12-7-3-6-11(12)13-8-4-9-15(18(13)24-17)19(21,22)23/h1-6,8-12,17,24H,7H2/t11-,12-,17-/m0/s1. The maximum absolute atomic E-state index is 13.5. The number of halogens is 4. The number of benzene rings is 2. The lowest BCUT2D eigenvalue weighted by Gasteiger charge is -2.39. The highest BCUT2D eigenvalue weighted by atomic mass is 79.9. The number of para-hydroxylation sites is 1. The lowest BCUT2D eigenvalue weighted by atomic mass is 9.76. The smallest absolute Gasteiger partial charge is 0.377 e. The third-order valence-electron chi connectivity index (χ3n) is 4.94. The fraction of sp³-hybridized carbons (Fsp3) is 0.263. The predicted molar refractivity (Wildman–Crippen MR) is 91.9 cm³/mol. The fourth-order valence-electron chi connectivity index (χ4n) is 3.89. The van der Waals surface area contributed by atoms with Crippen LogP contribution < -0.4 is 5.32 Å². The molecule has 0 radical (unpaired) electrons. The number of fused-ring (bicyclic) bond motifs is 3. The summed E-state index contributed by atoms with van der Waals surface area (Å²) in [6.07, 6.45) is 0.621. The second kappa shape index (κ2) is 5.66. The first kappa shape index (κ1) is 15.8. The van der Waals surface area contributed by atoms with Gasteiger partial charge in [0.25, 0.3) is 0 Å². The number of rotatable bonds is 1. The highest BCUT2D eigenvalue weighted by molar-refractivity contribution is 9.10. The van der Waals surface area contributed by atoms with Crippen LogP contribution in [0.5, 0.6) is 0 Å². The van der Waals surface area contributed by atoms with Crippen molar-refractivity contribution in [3.8, 4) is 0 Å². The van der Waals surface area contributed by atoms with Gasteiger partial charge in [-0.05, 0) is 35.6 Å². The molecular formula is C19H15BrF3N. The van der Waals surface area contributed by atoms with Crippen LogP contribution in [0, 0.1) is 5.92 Å². The Bertz CT molecular complexity index is 812. The largest absolute Gasteiger partial charge is 0.418 e. The first-order valence-corrected chi connectivity index (χ1v) is 8.64. The lowest BCUT2D eigenvalue weighted by molar-refractivity contribution is -0.137. The van der Waals surface area contributed by atoms with E-state index in [9.17, 15) is 13.2 Å². The number of hydrogen-bond donors (Lipinski definition) is 1. The number of hydrogen-bond acceptors (Lipinski definition) is 1. The first-order valence-electron chi connectivity index (χ1n) is 7.84. The van der Waals surface area contributed by atoms with Gasteiger partial charge in [-0.3, -0.25) is 0 Å². The van der Waals surface area contributed by atoms with E-state index in [4.69, 9.17) is 0 Å². The van der Waals surface area contributed by atoms with Gasteiger partial charge in [-0.1, -0.05) is 58.4 Å². The quantitative estimate of drug-likeness (QED) is 0.561. The second-order valence-electron chi connectivity index (χ2n) is 6.26. The Morgan fingerprint density at radius 3 is 2.50 bits per heavy atom. The van der Waals surface area contributed by atoms with Crippen LogP contribution in [0.2, 0.25) is 0 Å². The van der Waals surface area contributed by atoms with Crippen molar-refractivity contribution in [2.45, 2.75) is 24.6 Å². The van der Waals surface area contributed by atoms with Gasteiger partial charge in [0.2, 0.25) is 0 Å². The molecule has 1 nitrogen and oxygen atoms in total. The average molecular weight is 394 g/mol. The summed E-state index contributed by atoms with van der Waals surface area (Å²) in [5.74, 6) is 0.236. The second-order valence-corrected chi connectivity index (χ2v) is 7.12. The zero-order chi connectivity index (χ0) is 16.9. The van der Waals surface area contributed by atoms with E-state index < -0.39 is 11.7 Å². The molecule has 2 aliphatic rings. The van der Waals surface area contributed by atoms with Crippen LogP contribution in [0.4, 0.5) is 18.9 Å². The molecule has 0 fully saturated rings. The van der Waals surface area contributed by atoms with E-state index in [1.165, 1.54) is 6.07 Å². The van der Waals surface area contributed by atoms with Crippen molar-refractivity contribution in [1.82, 2.24) is 0 Å². The van der Waals surface area contributed by atoms with Crippen LogP contribution in [0.1, 0.15) is 35.1 Å². The zero-order valence-corrected chi connectivity index (χ0v) is 14.2. The normalized spacial score (nSPS) is 25.1. The molecule has 0 spiro atoms. The first-order chi connectivity index (χ1) is 11.5. The van der Waals surface area contributed by atoms with Gasteiger partial charge in [-0.2, -0.15) is 13.2 Å². The highest BCUT2D eigenvalue weighted by Crippen LogP contribution is 2.53. The van der Waals surface area contributed by atoms with E-state index in [2.05, 4.69) is 27.3 Å². The van der Waals surface area contributed by atoms with Gasteiger partial charge in [0.15, 0.2) is 0 Å². The van der Waals surface area contributed by atoms with E-state index in [-0.39, 0.29) is 23.6 Å². The average Bonchev–Trinajstić information content (AvgIpc) is 3.03. The van der Waals surface area contributed by atoms with Crippen molar-refractivity contribution in [2.24, 2.45) is 5.92 Å². The molecule has 0 aromatic heterocycles. The Morgan fingerprint density at radius 2 is 1.75 bits per heavy atom. The summed E-state index contributed by atoms with van der Waals surface area (Å²) in [4.78, 5) is 0. The van der Waals surface area contributed by atoms with Gasteiger partial charge in [-0.25, -0.2) is 0 Å². The van der Waals surface area contributed by atoms with Crippen molar-refractivity contribution < 1.29 is 13.2 Å². The van der Waals surface area contributed by atoms with Gasteiger partial charge in [0.1, 0.15) is 0 Å². The lowest BCUT2D eigenvalue weighted by Crippen LogP contribution is -2.31. The van der Waals surface area contributed by atoms with Gasteiger partial charge in [0, 0.05) is 10.4 Å². The molecule has 0 unspecified atom stereocenters. The molecule has 0 saturated heterocycles. The summed E-state index contributed by atoms with van der Waals surface area (Å²) in [5.41, 5.74) is 1.38. The molecule has 2 aromatic carbocycles. The minimum absolute atomic E-state index is 0.0145. The van der Waals surface area contributed by atoms with Crippen molar-refractivity contribution in [1.29, 1.82) is 0 Å². The van der Waals surface area contributed by atoms with Crippen LogP contribution in [-0.4, -0.2) is 0 Å². The Labute approximate surface area is 146 Å². The number of alkyl halides is 3. The molecule has 0 amide bonds. The summed E-state index contributed by atoms with van der Waals surface area (Å²) >= 11 is 3.54. The molecule has 124 valence electrons. The maximum Gasteiger partial charge on any atom is 0.418 e. The monoisotopic (exact) mass is 393 g/mol. The molecule has 24 heavy (non-hydrogen) atoms. The van der Waals surface area contributed by atoms with E-state index in [0.29, 0.717) is 0 Å². The topological polar surface area (TPSA) is 12.0 Å². The zero-order valence-electron chi connectivity index (χ0n) is 12.6.